The van der Waals surface area contributed by atoms with Crippen molar-refractivity contribution in [1.82, 2.24) is 4.90 Å². The fourth-order valence-corrected chi connectivity index (χ4v) is 4.03. The minimum Gasteiger partial charge on any atom is -0.548 e. The van der Waals surface area contributed by atoms with Crippen molar-refractivity contribution >= 4 is 63.7 Å². The van der Waals surface area contributed by atoms with E-state index >= 15 is 0 Å². The summed E-state index contributed by atoms with van der Waals surface area (Å²) >= 11 is 7.58. The third-order valence-corrected chi connectivity index (χ3v) is 5.36. The summed E-state index contributed by atoms with van der Waals surface area (Å²) in [5.41, 5.74) is 0.362. The van der Waals surface area contributed by atoms with Crippen molar-refractivity contribution in [2.75, 3.05) is 12.0 Å². The number of thioether (sulfide) groups is 2. The van der Waals surface area contributed by atoms with Gasteiger partial charge in [0.2, 0.25) is 0 Å². The number of carbonyl (C=O) groups is 2. The standard InChI is InChI=1S/C15H14N2O5S3/c1-24-6-5-11(14(19)20)16-13(18)12(25-15(16)23)8-9-3-2-4-10(7-9)17(21)22/h2-4,7-8,11H,5-6H2,1H3,(H,19,20)/p-1/b12-8+/t11-/m1/s1. The van der Waals surface area contributed by atoms with Crippen molar-refractivity contribution in [2.45, 2.75) is 12.5 Å². The van der Waals surface area contributed by atoms with Crippen LogP contribution in [-0.2, 0) is 9.59 Å². The van der Waals surface area contributed by atoms with Gasteiger partial charge in [0.25, 0.3) is 11.6 Å². The van der Waals surface area contributed by atoms with Crippen LogP contribution in [0, 0.1) is 10.1 Å². The average molecular weight is 397 g/mol. The molecule has 0 aromatic heterocycles. The molecule has 1 amide bonds. The second kappa shape index (κ2) is 8.45. The van der Waals surface area contributed by atoms with Gasteiger partial charge in [0.1, 0.15) is 4.32 Å². The van der Waals surface area contributed by atoms with Crippen LogP contribution in [0.2, 0.25) is 0 Å². The zero-order valence-electron chi connectivity index (χ0n) is 13.0. The van der Waals surface area contributed by atoms with Crippen LogP contribution in [0.3, 0.4) is 0 Å². The third-order valence-electron chi connectivity index (χ3n) is 3.38. The van der Waals surface area contributed by atoms with Crippen LogP contribution in [0.5, 0.6) is 0 Å². The van der Waals surface area contributed by atoms with Gasteiger partial charge in [0, 0.05) is 12.1 Å². The molecule has 1 heterocycles. The van der Waals surface area contributed by atoms with E-state index in [1.807, 2.05) is 6.26 Å². The average Bonchev–Trinajstić information content (AvgIpc) is 2.83. The summed E-state index contributed by atoms with van der Waals surface area (Å²) in [6, 6.07) is 4.67. The van der Waals surface area contributed by atoms with E-state index in [4.69, 9.17) is 12.2 Å². The molecule has 2 rings (SSSR count). The maximum absolute atomic E-state index is 12.6. The molecule has 0 aliphatic carbocycles. The van der Waals surface area contributed by atoms with E-state index in [1.54, 1.807) is 6.07 Å². The van der Waals surface area contributed by atoms with Crippen molar-refractivity contribution in [3.63, 3.8) is 0 Å². The Labute approximate surface area is 157 Å². The highest BCUT2D eigenvalue weighted by Crippen LogP contribution is 2.35. The highest BCUT2D eigenvalue weighted by Gasteiger charge is 2.37. The number of hydrogen-bond acceptors (Lipinski definition) is 8. The SMILES string of the molecule is CSCC[C@H](C(=O)[O-])N1C(=O)/C(=C\c2cccc([N+](=O)[O-])c2)SC1=S. The lowest BCUT2D eigenvalue weighted by atomic mass is 10.1. The molecule has 1 saturated heterocycles. The Morgan fingerprint density at radius 1 is 1.52 bits per heavy atom. The van der Waals surface area contributed by atoms with E-state index in [2.05, 4.69) is 0 Å². The number of nitrogens with zero attached hydrogens (tertiary/aromatic N) is 2. The van der Waals surface area contributed by atoms with E-state index in [9.17, 15) is 24.8 Å². The zero-order valence-corrected chi connectivity index (χ0v) is 15.5. The molecule has 0 saturated carbocycles. The number of non-ortho nitro benzene ring substituents is 1. The number of carboxylic acid groups (broad SMARTS) is 1. The summed E-state index contributed by atoms with van der Waals surface area (Å²) < 4.78 is 0.136. The molecule has 1 fully saturated rings. The molecule has 1 aliphatic heterocycles. The Morgan fingerprint density at radius 2 is 2.24 bits per heavy atom. The fourth-order valence-electron chi connectivity index (χ4n) is 2.21. The monoisotopic (exact) mass is 397 g/mol. The first-order valence-corrected chi connectivity index (χ1v) is 9.68. The van der Waals surface area contributed by atoms with E-state index in [0.717, 1.165) is 16.7 Å². The number of aliphatic carboxylic acids is 1. The van der Waals surface area contributed by atoms with Gasteiger partial charge < -0.3 is 9.90 Å². The van der Waals surface area contributed by atoms with Crippen LogP contribution in [-0.4, -0.2) is 44.1 Å². The largest absolute Gasteiger partial charge is 0.548 e. The summed E-state index contributed by atoms with van der Waals surface area (Å²) in [5, 5.41) is 22.2. The summed E-state index contributed by atoms with van der Waals surface area (Å²) in [4.78, 5) is 35.5. The Morgan fingerprint density at radius 3 is 2.84 bits per heavy atom. The summed E-state index contributed by atoms with van der Waals surface area (Å²) in [6.45, 7) is 0. The molecule has 0 radical (unpaired) electrons. The number of benzene rings is 1. The van der Waals surface area contributed by atoms with Crippen LogP contribution in [0.4, 0.5) is 5.69 Å². The number of amides is 1. The second-order valence-electron chi connectivity index (χ2n) is 5.02. The molecule has 0 unspecified atom stereocenters. The van der Waals surface area contributed by atoms with Crippen molar-refractivity contribution in [1.29, 1.82) is 0 Å². The zero-order chi connectivity index (χ0) is 18.6. The number of carbonyl (C=O) groups excluding carboxylic acids is 2. The summed E-state index contributed by atoms with van der Waals surface area (Å²) in [6.07, 6.45) is 3.52. The molecule has 132 valence electrons. The highest BCUT2D eigenvalue weighted by molar-refractivity contribution is 8.26. The first kappa shape index (κ1) is 19.4. The number of rotatable bonds is 7. The Hall–Kier alpha value is -1.91. The van der Waals surface area contributed by atoms with E-state index in [0.29, 0.717) is 11.3 Å². The van der Waals surface area contributed by atoms with Crippen LogP contribution in [0.15, 0.2) is 29.2 Å². The number of nitro benzene ring substituents is 1. The number of thiocarbonyl (C=S) groups is 1. The minimum absolute atomic E-state index is 0.100. The third kappa shape index (κ3) is 4.59. The molecular weight excluding hydrogens is 384 g/mol. The van der Waals surface area contributed by atoms with Gasteiger partial charge in [0.05, 0.1) is 21.8 Å². The molecular formula is C15H13N2O5S3-. The molecule has 1 aromatic rings. The second-order valence-corrected chi connectivity index (χ2v) is 7.68. The van der Waals surface area contributed by atoms with Crippen molar-refractivity contribution < 1.29 is 19.6 Å². The Balaban J connectivity index is 2.29. The first-order valence-electron chi connectivity index (χ1n) is 7.06. The van der Waals surface area contributed by atoms with Crippen molar-refractivity contribution in [3.05, 3.63) is 44.8 Å². The predicted octanol–water partition coefficient (Wildman–Crippen LogP) is 1.67. The lowest BCUT2D eigenvalue weighted by molar-refractivity contribution is -0.384. The smallest absolute Gasteiger partial charge is 0.270 e. The Kier molecular flexibility index (Phi) is 6.57. The lowest BCUT2D eigenvalue weighted by Gasteiger charge is -2.27. The van der Waals surface area contributed by atoms with Gasteiger partial charge >= 0.3 is 0 Å². The van der Waals surface area contributed by atoms with Gasteiger partial charge in [0.15, 0.2) is 0 Å². The molecule has 0 N–H and O–H groups in total. The van der Waals surface area contributed by atoms with Crippen LogP contribution in [0.1, 0.15) is 12.0 Å². The van der Waals surface area contributed by atoms with Crippen molar-refractivity contribution in [3.8, 4) is 0 Å². The molecule has 25 heavy (non-hydrogen) atoms. The number of nitro groups is 1. The topological polar surface area (TPSA) is 104 Å². The van der Waals surface area contributed by atoms with Gasteiger partial charge in [-0.3, -0.25) is 19.8 Å². The van der Waals surface area contributed by atoms with E-state index in [-0.39, 0.29) is 21.3 Å². The molecule has 0 bridgehead atoms. The van der Waals surface area contributed by atoms with Crippen molar-refractivity contribution in [2.24, 2.45) is 0 Å². The quantitative estimate of drug-likeness (QED) is 0.296. The van der Waals surface area contributed by atoms with Crippen LogP contribution >= 0.6 is 35.7 Å². The predicted molar refractivity (Wildman–Crippen MR) is 99.9 cm³/mol. The van der Waals surface area contributed by atoms with Gasteiger partial charge in [-0.1, -0.05) is 36.1 Å². The maximum atomic E-state index is 12.6. The normalized spacial score (nSPS) is 17.2. The Bertz CT molecular complexity index is 765. The molecule has 1 aliphatic rings. The van der Waals surface area contributed by atoms with Gasteiger partial charge in [-0.05, 0) is 30.1 Å². The van der Waals surface area contributed by atoms with Gasteiger partial charge in [-0.15, -0.1) is 0 Å². The molecule has 7 nitrogen and oxygen atoms in total. The summed E-state index contributed by atoms with van der Waals surface area (Å²) in [7, 11) is 0. The maximum Gasteiger partial charge on any atom is 0.270 e. The van der Waals surface area contributed by atoms with Gasteiger partial charge in [-0.2, -0.15) is 11.8 Å². The van der Waals surface area contributed by atoms with Gasteiger partial charge in [-0.25, -0.2) is 0 Å². The molecule has 10 heteroatoms. The fraction of sp³-hybridized carbons (Fsp3) is 0.267. The lowest BCUT2D eigenvalue weighted by Crippen LogP contribution is -2.50. The molecule has 1 aromatic carbocycles. The van der Waals surface area contributed by atoms with E-state index in [1.165, 1.54) is 36.0 Å². The molecule has 1 atom stereocenters. The van der Waals surface area contributed by atoms with Crippen LogP contribution in [0.25, 0.3) is 6.08 Å². The summed E-state index contributed by atoms with van der Waals surface area (Å²) in [5.74, 6) is -1.35. The number of hydrogen-bond donors (Lipinski definition) is 0. The highest BCUT2D eigenvalue weighted by atomic mass is 32.2. The van der Waals surface area contributed by atoms with E-state index < -0.39 is 22.8 Å². The molecule has 0 spiro atoms. The minimum atomic E-state index is -1.36. The first-order chi connectivity index (χ1) is 11.8. The number of carboxylic acids is 1. The van der Waals surface area contributed by atoms with Crippen LogP contribution < -0.4 is 5.11 Å².